The van der Waals surface area contributed by atoms with E-state index in [0.717, 1.165) is 190 Å². The first-order valence-corrected chi connectivity index (χ1v) is 54.6. The van der Waals surface area contributed by atoms with Crippen LogP contribution in [0.4, 0.5) is 52.8 Å². The molecule has 10 fully saturated rings. The molecule has 3 aromatic heterocycles. The number of nitrogens with zero attached hydrogens (tertiary/aromatic N) is 12. The molecule has 1 spiro atoms. The maximum atomic E-state index is 11.5. The van der Waals surface area contributed by atoms with Crippen LogP contribution >= 0.6 is 22.8 Å². The van der Waals surface area contributed by atoms with Crippen LogP contribution in [0.1, 0.15) is 295 Å². The minimum Gasteiger partial charge on any atom is -0.383 e. The average Bonchev–Trinajstić information content (AvgIpc) is 0.772. The van der Waals surface area contributed by atoms with Crippen molar-refractivity contribution < 1.29 is 43.1 Å². The normalized spacial score (nSPS) is 24.3. The second-order valence-electron chi connectivity index (χ2n) is 39.0. The molecular weight excluding hydrogens is 1600 g/mol. The number of piperazine rings is 3. The highest BCUT2D eigenvalue weighted by molar-refractivity contribution is 7.52. The quantitative estimate of drug-likeness (QED) is 0.0185. The first-order chi connectivity index (χ1) is 59.0. The van der Waals surface area contributed by atoms with Crippen molar-refractivity contribution in [2.24, 2.45) is 41.4 Å². The molecule has 3 saturated heterocycles. The van der Waals surface area contributed by atoms with E-state index in [9.17, 15) is 23.5 Å². The molecule has 10 aliphatic rings. The summed E-state index contributed by atoms with van der Waals surface area (Å²) in [7, 11) is -11.9. The van der Waals surface area contributed by atoms with Crippen molar-refractivity contribution >= 4 is 75.5 Å². The van der Waals surface area contributed by atoms with E-state index in [4.69, 9.17) is 51.7 Å². The fourth-order valence-electron chi connectivity index (χ4n) is 21.9. The Labute approximate surface area is 733 Å². The minimum absolute atomic E-state index is 0.0340. The molecule has 0 aromatic carbocycles. The van der Waals surface area contributed by atoms with Crippen LogP contribution in [0.15, 0.2) is 18.2 Å². The molecule has 6 heterocycles. The molecule has 3 aliphatic heterocycles. The van der Waals surface area contributed by atoms with Crippen LogP contribution in [0.2, 0.25) is 0 Å². The Morgan fingerprint density at radius 1 is 0.352 bits per heavy atom. The van der Waals surface area contributed by atoms with E-state index in [2.05, 4.69) is 70.9 Å². The van der Waals surface area contributed by atoms with Crippen molar-refractivity contribution in [1.29, 1.82) is 0 Å². The third-order valence-corrected chi connectivity index (χ3v) is 31.9. The number of aromatic nitrogens is 6. The lowest BCUT2D eigenvalue weighted by atomic mass is 9.78. The summed E-state index contributed by atoms with van der Waals surface area (Å²) in [6.07, 6.45) is 61.6. The van der Waals surface area contributed by atoms with Gasteiger partial charge in [0, 0.05) is 134 Å². The lowest BCUT2D eigenvalue weighted by Gasteiger charge is -2.53. The van der Waals surface area contributed by atoms with Gasteiger partial charge in [-0.1, -0.05) is 205 Å². The van der Waals surface area contributed by atoms with Crippen molar-refractivity contribution in [3.63, 3.8) is 0 Å². The first-order valence-electron chi connectivity index (χ1n) is 49.2. The van der Waals surface area contributed by atoms with E-state index in [1.165, 1.54) is 263 Å². The molecule has 0 amide bonds. The number of hydrogen-bond acceptors (Lipinski definition) is 23. The van der Waals surface area contributed by atoms with Crippen LogP contribution in [-0.2, 0) is 13.7 Å². The molecule has 0 atom stereocenters. The van der Waals surface area contributed by atoms with Gasteiger partial charge in [0.05, 0.1) is 18.5 Å². The Morgan fingerprint density at radius 3 is 1.18 bits per heavy atom. The van der Waals surface area contributed by atoms with Gasteiger partial charge in [-0.3, -0.25) is 28.4 Å². The van der Waals surface area contributed by atoms with Gasteiger partial charge in [0.25, 0.3) is 0 Å². The van der Waals surface area contributed by atoms with Crippen LogP contribution in [-0.4, -0.2) is 234 Å². The van der Waals surface area contributed by atoms with Gasteiger partial charge >= 0.3 is 22.8 Å². The smallest absolute Gasteiger partial charge is 0.326 e. The van der Waals surface area contributed by atoms with Gasteiger partial charge in [-0.05, 0) is 157 Å². The third kappa shape index (κ3) is 36.7. The number of unbranched alkanes of at least 4 members (excludes halogenated alkanes) is 6. The summed E-state index contributed by atoms with van der Waals surface area (Å²) in [5.41, 5.74) is 18.6. The van der Waals surface area contributed by atoms with Crippen molar-refractivity contribution in [2.75, 3.05) is 191 Å². The summed E-state index contributed by atoms with van der Waals surface area (Å²) in [5, 5.41) is 17.9. The van der Waals surface area contributed by atoms with E-state index in [-0.39, 0.29) is 24.0 Å². The van der Waals surface area contributed by atoms with Crippen LogP contribution in [0.25, 0.3) is 0 Å². The predicted octanol–water partition coefficient (Wildman–Crippen LogP) is 15.3. The van der Waals surface area contributed by atoms with Gasteiger partial charge in [0.2, 0.25) is 17.8 Å². The summed E-state index contributed by atoms with van der Waals surface area (Å²) in [5.74, 6) is 11.8. The predicted molar refractivity (Wildman–Crippen MR) is 500 cm³/mol. The van der Waals surface area contributed by atoms with Crippen LogP contribution in [0.3, 0.4) is 0 Å². The second kappa shape index (κ2) is 51.8. The Bertz CT molecular complexity index is 3560. The molecule has 7 saturated carbocycles. The van der Waals surface area contributed by atoms with Gasteiger partial charge < -0.3 is 87.8 Å². The molecule has 0 bridgehead atoms. The van der Waals surface area contributed by atoms with Gasteiger partial charge in [-0.25, -0.2) is 0 Å². The van der Waals surface area contributed by atoms with E-state index in [1.807, 2.05) is 18.2 Å². The SMILES string of the molecule is Nc1cc(N2CCN(CCCP(=O)(O)O)C3(CCCCC3)C2)nc(NCC2CCC(CCCCCCC3CCCCC3)CC2)n1.Nc1cc(N2CCN(CCP(=O)(O)O)CC2)nc(NC2CCC(CNCCCNC3CCCCC3)CC2)n1.Nc1cc(N2CCN(CCP(=O)(O)O)CC2)nc(NCC2CCC(CCCCCCC3CCCCC3)CC2)n1. The number of nitrogens with two attached hydrogens (primary N) is 3. The Morgan fingerprint density at radius 2 is 0.730 bits per heavy atom. The fourth-order valence-corrected chi connectivity index (χ4v) is 23.5. The lowest BCUT2D eigenvalue weighted by Crippen LogP contribution is -2.63. The molecule has 7 aliphatic carbocycles. The Kier molecular flexibility index (Phi) is 41.7. The molecular formula is C90H165N20O9P3. The summed E-state index contributed by atoms with van der Waals surface area (Å²) in [6.45, 7) is 15.2. The zero-order chi connectivity index (χ0) is 85.8. The van der Waals surface area contributed by atoms with Crippen molar-refractivity contribution in [3.05, 3.63) is 18.2 Å². The molecule has 32 heteroatoms. The molecule has 122 heavy (non-hydrogen) atoms. The highest BCUT2D eigenvalue weighted by Gasteiger charge is 2.43. The van der Waals surface area contributed by atoms with Gasteiger partial charge in [0.1, 0.15) is 34.9 Å². The zero-order valence-electron chi connectivity index (χ0n) is 74.9. The Hall–Kier alpha value is -4.31. The molecule has 0 unspecified atom stereocenters. The third-order valence-electron chi connectivity index (χ3n) is 29.4. The number of hydrogen-bond donors (Lipinski definition) is 14. The topological polar surface area (TPSA) is 408 Å². The van der Waals surface area contributed by atoms with Crippen LogP contribution in [0.5, 0.6) is 0 Å². The van der Waals surface area contributed by atoms with Gasteiger partial charge in [0.15, 0.2) is 0 Å². The van der Waals surface area contributed by atoms with Crippen LogP contribution < -0.4 is 58.5 Å². The van der Waals surface area contributed by atoms with Gasteiger partial charge in [-0.2, -0.15) is 29.9 Å². The Balaban J connectivity index is 0.000000179. The number of anilines is 9. The van der Waals surface area contributed by atoms with Crippen molar-refractivity contribution in [2.45, 2.75) is 313 Å². The van der Waals surface area contributed by atoms with E-state index in [1.54, 1.807) is 0 Å². The van der Waals surface area contributed by atoms with E-state index < -0.39 is 22.8 Å². The van der Waals surface area contributed by atoms with E-state index >= 15 is 0 Å². The minimum atomic E-state index is -3.96. The van der Waals surface area contributed by atoms with Crippen molar-refractivity contribution in [1.82, 2.24) is 55.2 Å². The van der Waals surface area contributed by atoms with Crippen LogP contribution in [0, 0.1) is 41.4 Å². The monoisotopic (exact) mass is 1760 g/mol. The molecule has 17 N–H and O–H groups in total. The molecule has 0 radical (unpaired) electrons. The summed E-state index contributed by atoms with van der Waals surface area (Å²) < 4.78 is 33.8. The number of nitrogens with one attached hydrogen (secondary N) is 5. The maximum absolute atomic E-state index is 11.5. The molecule has 3 aromatic rings. The fraction of sp³-hybridized carbons (Fsp3) is 0.867. The molecule has 13 rings (SSSR count). The standard InChI is InChI=1S/C35H63N6O3P.C29H53N6O3P.C26H49N8O3P/c36-32-26-33(40-23-24-41(22-11-25-45(42,43)44)35(28-40)20-9-4-10-21-35)39-34(38-32)37-27-31-18-16-30(17-19-31)15-6-2-1-5-12-29-13-7-3-8-14-29;30-27-22-28(35-18-16-34(17-19-35)20-21-39(36,37)38)33-29(32-27)31-23-26-14-12-25(13-15-26)11-5-2-1-4-8-24-9-6-3-7-10-24;27-24-19-25(34-15-13-33(14-16-34)17-18-38(35,36)37)32-26(31-24)30-23-9-7-21(8-10-23)20-28-11-4-12-29-22-5-2-1-3-6-22/h26,29-31H,1-25,27-28H2,(H2,42,43,44)(H3,36,37,38,39);22,24-26H,1-21,23H2,(H2,36,37,38)(H3,30,31,32,33);19,21-23,28-29H,1-18,20H2,(H2,35,36,37)(H3,27,30,31,32). The summed E-state index contributed by atoms with van der Waals surface area (Å²) in [6, 6.07) is 6.66. The van der Waals surface area contributed by atoms with Gasteiger partial charge in [-0.15, -0.1) is 0 Å². The highest BCUT2D eigenvalue weighted by Crippen LogP contribution is 2.43. The number of nitrogen functional groups attached to an aromatic ring is 3. The lowest BCUT2D eigenvalue weighted by molar-refractivity contribution is 0.0386. The second-order valence-corrected chi connectivity index (χ2v) is 44.4. The summed E-state index contributed by atoms with van der Waals surface area (Å²) >= 11 is 0. The molecule has 694 valence electrons. The largest absolute Gasteiger partial charge is 0.383 e. The van der Waals surface area contributed by atoms with Crippen molar-refractivity contribution in [3.8, 4) is 0 Å². The number of rotatable bonds is 42. The maximum Gasteiger partial charge on any atom is 0.326 e. The average molecular weight is 1760 g/mol. The van der Waals surface area contributed by atoms with E-state index in [0.29, 0.717) is 72.7 Å². The first kappa shape index (κ1) is 98.3. The molecule has 29 nitrogen and oxygen atoms in total. The zero-order valence-corrected chi connectivity index (χ0v) is 77.5. The highest BCUT2D eigenvalue weighted by atomic mass is 31.2. The summed E-state index contributed by atoms with van der Waals surface area (Å²) in [4.78, 5) is 96.5.